The van der Waals surface area contributed by atoms with Crippen LogP contribution in [0, 0.1) is 0 Å². The number of hydrogen-bond donors (Lipinski definition) is 1. The van der Waals surface area contributed by atoms with Crippen molar-refractivity contribution in [1.82, 2.24) is 25.5 Å². The Morgan fingerprint density at radius 2 is 2.35 bits per heavy atom. The van der Waals surface area contributed by atoms with E-state index in [-0.39, 0.29) is 5.97 Å². The van der Waals surface area contributed by atoms with Gasteiger partial charge in [-0.25, -0.2) is 4.68 Å². The molecule has 1 N–H and O–H groups in total. The van der Waals surface area contributed by atoms with Gasteiger partial charge in [-0.3, -0.25) is 4.79 Å². The Kier molecular flexibility index (Phi) is 4.98. The first-order valence-corrected chi connectivity index (χ1v) is 7.83. The molecule has 20 heavy (non-hydrogen) atoms. The molecule has 1 aromatic heterocycles. The second-order valence-corrected chi connectivity index (χ2v) is 6.15. The normalized spacial score (nSPS) is 17.8. The zero-order valence-electron chi connectivity index (χ0n) is 12.1. The summed E-state index contributed by atoms with van der Waals surface area (Å²) in [6.07, 6.45) is 2.96. The number of ether oxygens (including phenoxy) is 1. The number of nitrogens with zero attached hydrogens (tertiary/aromatic N) is 4. The van der Waals surface area contributed by atoms with Crippen LogP contribution in [0.4, 0.5) is 0 Å². The summed E-state index contributed by atoms with van der Waals surface area (Å²) < 4.78 is 6.75. The standard InChI is InChI=1S/C12H21N5O2S/c1-4-13-12(2,10(18)19-3)7-8-20-11-14-15-16-17(11)9-5-6-9/h9,13H,4-8H2,1-3H3. The average molecular weight is 299 g/mol. The van der Waals surface area contributed by atoms with Crippen molar-refractivity contribution in [3.05, 3.63) is 0 Å². The van der Waals surface area contributed by atoms with E-state index in [2.05, 4.69) is 20.8 Å². The lowest BCUT2D eigenvalue weighted by Gasteiger charge is -2.27. The topological polar surface area (TPSA) is 81.9 Å². The fourth-order valence-electron chi connectivity index (χ4n) is 2.05. The molecule has 0 bridgehead atoms. The van der Waals surface area contributed by atoms with Crippen molar-refractivity contribution in [2.24, 2.45) is 0 Å². The SMILES string of the molecule is CCNC(C)(CCSc1nnnn1C1CC1)C(=O)OC. The monoisotopic (exact) mass is 299 g/mol. The van der Waals surface area contributed by atoms with Gasteiger partial charge in [0.1, 0.15) is 5.54 Å². The van der Waals surface area contributed by atoms with Gasteiger partial charge in [-0.1, -0.05) is 18.7 Å². The van der Waals surface area contributed by atoms with Crippen LogP contribution in [0.2, 0.25) is 0 Å². The molecular weight excluding hydrogens is 278 g/mol. The molecule has 0 saturated heterocycles. The summed E-state index contributed by atoms with van der Waals surface area (Å²) in [4.78, 5) is 11.9. The van der Waals surface area contributed by atoms with Gasteiger partial charge < -0.3 is 10.1 Å². The van der Waals surface area contributed by atoms with E-state index in [1.807, 2.05) is 18.5 Å². The zero-order valence-corrected chi connectivity index (χ0v) is 12.9. The molecule has 7 nitrogen and oxygen atoms in total. The van der Waals surface area contributed by atoms with Gasteiger partial charge in [-0.15, -0.1) is 5.10 Å². The summed E-state index contributed by atoms with van der Waals surface area (Å²) in [5.41, 5.74) is -0.658. The van der Waals surface area contributed by atoms with E-state index in [1.54, 1.807) is 11.8 Å². The second-order valence-electron chi connectivity index (χ2n) is 5.09. The van der Waals surface area contributed by atoms with E-state index < -0.39 is 5.54 Å². The Morgan fingerprint density at radius 3 is 2.95 bits per heavy atom. The molecule has 8 heteroatoms. The smallest absolute Gasteiger partial charge is 0.325 e. The summed E-state index contributed by atoms with van der Waals surface area (Å²) >= 11 is 1.58. The minimum Gasteiger partial charge on any atom is -0.468 e. The van der Waals surface area contributed by atoms with Gasteiger partial charge in [-0.2, -0.15) is 0 Å². The van der Waals surface area contributed by atoms with Crippen LogP contribution in [0.5, 0.6) is 0 Å². The van der Waals surface area contributed by atoms with Crippen LogP contribution in [-0.2, 0) is 9.53 Å². The lowest BCUT2D eigenvalue weighted by molar-refractivity contribution is -0.147. The van der Waals surface area contributed by atoms with Crippen molar-refractivity contribution in [2.75, 3.05) is 19.4 Å². The fourth-order valence-corrected chi connectivity index (χ4v) is 3.16. The number of carbonyl (C=O) groups excluding carboxylic acids is 1. The molecule has 2 rings (SSSR count). The average Bonchev–Trinajstić information content (AvgIpc) is 3.18. The van der Waals surface area contributed by atoms with E-state index in [0.717, 1.165) is 30.3 Å². The molecule has 1 fully saturated rings. The molecular formula is C12H21N5O2S. The molecule has 1 atom stereocenters. The van der Waals surface area contributed by atoms with Crippen molar-refractivity contribution in [2.45, 2.75) is 49.8 Å². The van der Waals surface area contributed by atoms with Gasteiger partial charge in [0.15, 0.2) is 0 Å². The molecule has 0 aliphatic heterocycles. The summed E-state index contributed by atoms with van der Waals surface area (Å²) in [5.74, 6) is 0.521. The van der Waals surface area contributed by atoms with Crippen LogP contribution < -0.4 is 5.32 Å². The molecule has 0 spiro atoms. The predicted octanol–water partition coefficient (Wildman–Crippen LogP) is 1.03. The van der Waals surface area contributed by atoms with Crippen LogP contribution >= 0.6 is 11.8 Å². The van der Waals surface area contributed by atoms with E-state index in [0.29, 0.717) is 12.5 Å². The number of thioether (sulfide) groups is 1. The van der Waals surface area contributed by atoms with Crippen molar-refractivity contribution >= 4 is 17.7 Å². The van der Waals surface area contributed by atoms with Crippen molar-refractivity contribution < 1.29 is 9.53 Å². The summed E-state index contributed by atoms with van der Waals surface area (Å²) in [6, 6.07) is 0.466. The third kappa shape index (κ3) is 3.49. The Morgan fingerprint density at radius 1 is 1.60 bits per heavy atom. The summed E-state index contributed by atoms with van der Waals surface area (Å²) in [6.45, 7) is 4.56. The van der Waals surface area contributed by atoms with Crippen molar-refractivity contribution in [3.63, 3.8) is 0 Å². The number of aromatic nitrogens is 4. The molecule has 1 aromatic rings. The summed E-state index contributed by atoms with van der Waals surface area (Å²) in [5, 5.41) is 15.8. The zero-order chi connectivity index (χ0) is 14.6. The number of rotatable bonds is 8. The molecule has 112 valence electrons. The molecule has 1 unspecified atom stereocenters. The Bertz CT molecular complexity index is 462. The number of tetrazole rings is 1. The molecule has 0 amide bonds. The van der Waals surface area contributed by atoms with Gasteiger partial charge in [-0.05, 0) is 43.2 Å². The third-order valence-electron chi connectivity index (χ3n) is 3.39. The van der Waals surface area contributed by atoms with Crippen molar-refractivity contribution in [1.29, 1.82) is 0 Å². The molecule has 1 saturated carbocycles. The highest BCUT2D eigenvalue weighted by atomic mass is 32.2. The minimum absolute atomic E-state index is 0.235. The minimum atomic E-state index is -0.658. The van der Waals surface area contributed by atoms with Crippen LogP contribution in [0.3, 0.4) is 0 Å². The largest absolute Gasteiger partial charge is 0.468 e. The number of esters is 1. The van der Waals surface area contributed by atoms with E-state index in [1.165, 1.54) is 7.11 Å². The highest BCUT2D eigenvalue weighted by Gasteiger charge is 2.33. The Hall–Kier alpha value is -1.15. The Balaban J connectivity index is 1.89. The maximum absolute atomic E-state index is 11.9. The van der Waals surface area contributed by atoms with E-state index in [4.69, 9.17) is 4.74 Å². The van der Waals surface area contributed by atoms with Crippen LogP contribution in [0.15, 0.2) is 5.16 Å². The van der Waals surface area contributed by atoms with E-state index >= 15 is 0 Å². The van der Waals surface area contributed by atoms with Gasteiger partial charge in [0, 0.05) is 5.75 Å². The Labute approximate surface area is 122 Å². The maximum atomic E-state index is 11.9. The lowest BCUT2D eigenvalue weighted by atomic mass is 9.99. The highest BCUT2D eigenvalue weighted by Crippen LogP contribution is 2.36. The van der Waals surface area contributed by atoms with Crippen LogP contribution in [0.1, 0.15) is 39.2 Å². The first-order valence-electron chi connectivity index (χ1n) is 6.85. The molecule has 1 aliphatic rings. The van der Waals surface area contributed by atoms with E-state index in [9.17, 15) is 4.79 Å². The molecule has 0 radical (unpaired) electrons. The first-order chi connectivity index (χ1) is 9.60. The van der Waals surface area contributed by atoms with Crippen LogP contribution in [-0.4, -0.2) is 51.1 Å². The quantitative estimate of drug-likeness (QED) is 0.567. The number of methoxy groups -OCH3 is 1. The van der Waals surface area contributed by atoms with Crippen LogP contribution in [0.25, 0.3) is 0 Å². The third-order valence-corrected chi connectivity index (χ3v) is 4.33. The number of nitrogens with one attached hydrogen (secondary N) is 1. The van der Waals surface area contributed by atoms with Gasteiger partial charge in [0.25, 0.3) is 0 Å². The molecule has 1 aliphatic carbocycles. The van der Waals surface area contributed by atoms with Gasteiger partial charge >= 0.3 is 5.97 Å². The predicted molar refractivity (Wildman–Crippen MR) is 75.5 cm³/mol. The lowest BCUT2D eigenvalue weighted by Crippen LogP contribution is -2.50. The van der Waals surface area contributed by atoms with Crippen molar-refractivity contribution in [3.8, 4) is 0 Å². The number of carbonyl (C=O) groups is 1. The number of hydrogen-bond acceptors (Lipinski definition) is 7. The maximum Gasteiger partial charge on any atom is 0.325 e. The number of likely N-dealkylation sites (N-methyl/N-ethyl adjacent to an activating group) is 1. The first kappa shape index (κ1) is 15.2. The highest BCUT2D eigenvalue weighted by molar-refractivity contribution is 7.99. The second kappa shape index (κ2) is 6.53. The molecule has 1 heterocycles. The summed E-state index contributed by atoms with van der Waals surface area (Å²) in [7, 11) is 1.42. The van der Waals surface area contributed by atoms with Gasteiger partial charge in [0.2, 0.25) is 5.16 Å². The fraction of sp³-hybridized carbons (Fsp3) is 0.833. The molecule has 0 aromatic carbocycles. The van der Waals surface area contributed by atoms with Gasteiger partial charge in [0.05, 0.1) is 13.2 Å².